The van der Waals surface area contributed by atoms with Gasteiger partial charge in [0.1, 0.15) is 12.6 Å². The minimum absolute atomic E-state index is 0.0504. The van der Waals surface area contributed by atoms with Crippen LogP contribution in [0.2, 0.25) is 0 Å². The Kier molecular flexibility index (Phi) is 7.43. The number of hydrogen-bond donors (Lipinski definition) is 2. The monoisotopic (exact) mass is 375 g/mol. The van der Waals surface area contributed by atoms with Crippen LogP contribution in [-0.2, 0) is 18.9 Å². The number of carbonyl (C=O) groups excluding carboxylic acids is 2. The Morgan fingerprint density at radius 2 is 1.74 bits per heavy atom. The Balaban J connectivity index is 2.06. The molecular formula is C20H32BN2O4. The summed E-state index contributed by atoms with van der Waals surface area (Å²) in [6.07, 6.45) is 7.68. The van der Waals surface area contributed by atoms with Gasteiger partial charge in [-0.15, -0.1) is 0 Å². The molecule has 1 saturated heterocycles. The van der Waals surface area contributed by atoms with Gasteiger partial charge >= 0.3 is 7.12 Å². The fourth-order valence-electron chi connectivity index (χ4n) is 3.10. The lowest BCUT2D eigenvalue weighted by atomic mass is 9.59. The average Bonchev–Trinajstić information content (AvgIpc) is 3.12. The summed E-state index contributed by atoms with van der Waals surface area (Å²) >= 11 is 0. The highest BCUT2D eigenvalue weighted by Crippen LogP contribution is 2.46. The van der Waals surface area contributed by atoms with Crippen LogP contribution in [0.15, 0.2) is 23.3 Å². The molecule has 7 heteroatoms. The van der Waals surface area contributed by atoms with Crippen molar-refractivity contribution in [2.75, 3.05) is 26.3 Å². The van der Waals surface area contributed by atoms with Gasteiger partial charge in [0.2, 0.25) is 0 Å². The van der Waals surface area contributed by atoms with Gasteiger partial charge in [0, 0.05) is 24.1 Å². The largest absolute Gasteiger partial charge is 0.495 e. The highest BCUT2D eigenvalue weighted by atomic mass is 16.6. The van der Waals surface area contributed by atoms with Crippen molar-refractivity contribution in [2.24, 2.45) is 16.7 Å². The van der Waals surface area contributed by atoms with Crippen LogP contribution in [0.25, 0.3) is 0 Å². The Morgan fingerprint density at radius 3 is 2.33 bits per heavy atom. The lowest BCUT2D eigenvalue weighted by Crippen LogP contribution is -2.44. The first-order valence-electron chi connectivity index (χ1n) is 9.60. The molecule has 2 N–H and O–H groups in total. The van der Waals surface area contributed by atoms with Crippen molar-refractivity contribution in [2.45, 2.75) is 40.7 Å². The molecule has 2 atom stereocenters. The van der Waals surface area contributed by atoms with Gasteiger partial charge in [0.15, 0.2) is 0 Å². The van der Waals surface area contributed by atoms with Crippen LogP contribution in [0.1, 0.15) is 34.6 Å². The Bertz CT molecular complexity index is 595. The summed E-state index contributed by atoms with van der Waals surface area (Å²) in [5.74, 6) is 0.0781. The molecule has 0 spiro atoms. The van der Waals surface area contributed by atoms with Crippen molar-refractivity contribution in [1.82, 2.24) is 10.6 Å². The van der Waals surface area contributed by atoms with E-state index in [0.29, 0.717) is 26.3 Å². The van der Waals surface area contributed by atoms with Gasteiger partial charge in [-0.2, -0.15) is 0 Å². The van der Waals surface area contributed by atoms with Crippen molar-refractivity contribution in [1.29, 1.82) is 0 Å². The highest BCUT2D eigenvalue weighted by molar-refractivity contribution is 6.55. The molecule has 2 aliphatic rings. The zero-order valence-corrected chi connectivity index (χ0v) is 17.1. The molecule has 0 unspecified atom stereocenters. The smallest absolute Gasteiger partial charge is 0.405 e. The summed E-state index contributed by atoms with van der Waals surface area (Å²) in [5, 5.41) is 6.59. The summed E-state index contributed by atoms with van der Waals surface area (Å²) in [5.41, 5.74) is 1.83. The fraction of sp³-hybridized carbons (Fsp3) is 0.650. The first kappa shape index (κ1) is 21.9. The minimum atomic E-state index is -0.371. The third-order valence-electron chi connectivity index (χ3n) is 5.65. The van der Waals surface area contributed by atoms with E-state index in [1.165, 1.54) is 0 Å². The number of carbonyl (C=O) groups is 2. The zero-order valence-electron chi connectivity index (χ0n) is 17.1. The van der Waals surface area contributed by atoms with Crippen LogP contribution in [0.5, 0.6) is 0 Å². The summed E-state index contributed by atoms with van der Waals surface area (Å²) in [6, 6.07) is -0.349. The molecule has 0 saturated carbocycles. The molecule has 1 aliphatic heterocycles. The molecule has 1 heterocycles. The van der Waals surface area contributed by atoms with Crippen LogP contribution in [-0.4, -0.2) is 52.0 Å². The minimum Gasteiger partial charge on any atom is -0.405 e. The maximum Gasteiger partial charge on any atom is 0.495 e. The van der Waals surface area contributed by atoms with Gasteiger partial charge in [-0.05, 0) is 23.3 Å². The molecule has 0 bridgehead atoms. The van der Waals surface area contributed by atoms with E-state index < -0.39 is 0 Å². The molecular weight excluding hydrogens is 343 g/mol. The van der Waals surface area contributed by atoms with E-state index in [0.717, 1.165) is 23.7 Å². The van der Waals surface area contributed by atoms with E-state index in [1.54, 1.807) is 6.42 Å². The summed E-state index contributed by atoms with van der Waals surface area (Å²) in [6.45, 7) is 12.9. The molecule has 1 radical (unpaired) electrons. The van der Waals surface area contributed by atoms with Gasteiger partial charge < -0.3 is 29.5 Å². The first-order valence-corrected chi connectivity index (χ1v) is 9.60. The molecule has 2 rings (SSSR count). The van der Waals surface area contributed by atoms with E-state index in [2.05, 4.69) is 50.5 Å². The van der Waals surface area contributed by atoms with Gasteiger partial charge in [0.05, 0.1) is 19.3 Å². The predicted molar refractivity (Wildman–Crippen MR) is 107 cm³/mol. The molecule has 0 amide bonds. The highest BCUT2D eigenvalue weighted by Gasteiger charge is 2.42. The Hall–Kier alpha value is -1.44. The second-order valence-electron chi connectivity index (χ2n) is 8.51. The molecule has 1 aliphatic carbocycles. The molecule has 0 aromatic rings. The quantitative estimate of drug-likeness (QED) is 0.447. The fourth-order valence-corrected chi connectivity index (χ4v) is 3.10. The maximum absolute atomic E-state index is 11.5. The number of hydrogen-bond acceptors (Lipinski definition) is 6. The van der Waals surface area contributed by atoms with Gasteiger partial charge in [-0.3, -0.25) is 0 Å². The lowest BCUT2D eigenvalue weighted by molar-refractivity contribution is -0.109. The molecule has 1 fully saturated rings. The summed E-state index contributed by atoms with van der Waals surface area (Å²) in [4.78, 5) is 22.0. The molecule has 149 valence electrons. The topological polar surface area (TPSA) is 76.7 Å². The third-order valence-corrected chi connectivity index (χ3v) is 5.65. The normalized spacial score (nSPS) is 23.2. The van der Waals surface area contributed by atoms with Crippen LogP contribution >= 0.6 is 0 Å². The lowest BCUT2D eigenvalue weighted by Gasteiger charge is -2.42. The first-order chi connectivity index (χ1) is 12.7. The molecule has 6 nitrogen and oxygen atoms in total. The average molecular weight is 375 g/mol. The molecule has 27 heavy (non-hydrogen) atoms. The number of aldehydes is 2. The van der Waals surface area contributed by atoms with E-state index in [9.17, 15) is 9.59 Å². The van der Waals surface area contributed by atoms with Gasteiger partial charge in [-0.1, -0.05) is 46.8 Å². The summed E-state index contributed by atoms with van der Waals surface area (Å²) < 4.78 is 11.5. The third kappa shape index (κ3) is 5.53. The number of allylic oxidation sites excluding steroid dienone is 3. The molecule has 0 aromatic heterocycles. The second-order valence-corrected chi connectivity index (χ2v) is 8.51. The van der Waals surface area contributed by atoms with E-state index in [4.69, 9.17) is 9.31 Å². The van der Waals surface area contributed by atoms with Crippen LogP contribution in [0.4, 0.5) is 0 Å². The van der Waals surface area contributed by atoms with Crippen molar-refractivity contribution >= 4 is 19.7 Å². The van der Waals surface area contributed by atoms with Crippen LogP contribution in [0.3, 0.4) is 0 Å². The maximum atomic E-state index is 11.5. The zero-order chi connectivity index (χ0) is 20.1. The van der Waals surface area contributed by atoms with E-state index in [1.807, 2.05) is 6.92 Å². The van der Waals surface area contributed by atoms with Crippen LogP contribution < -0.4 is 10.6 Å². The Morgan fingerprint density at radius 1 is 1.11 bits per heavy atom. The Labute approximate surface area is 163 Å². The molecule has 0 aromatic carbocycles. The number of nitrogens with one attached hydrogen (secondary N) is 2. The SMILES string of the molecule is C[C@@H]([CH]C=O)CN[C@H](C=O)CNC1=CC(C)(C)C(C)(C)C=C1B1OCCO1. The number of rotatable bonds is 10. The van der Waals surface area contributed by atoms with Crippen molar-refractivity contribution in [3.8, 4) is 0 Å². The standard InChI is InChI=1S/C20H32BN2O4/c1-15(6-7-24)12-22-16(14-25)13-23-18-11-20(4,5)19(2,3)10-17(18)21-26-8-9-27-21/h6-7,10-11,14-16,22-23H,8-9,12-13H2,1-5H3/t15-,16-/m0/s1. The van der Waals surface area contributed by atoms with Crippen LogP contribution in [0, 0.1) is 23.2 Å². The second kappa shape index (κ2) is 9.17. The van der Waals surface area contributed by atoms with E-state index in [-0.39, 0.29) is 29.9 Å². The van der Waals surface area contributed by atoms with Crippen molar-refractivity contribution in [3.63, 3.8) is 0 Å². The van der Waals surface area contributed by atoms with Crippen molar-refractivity contribution in [3.05, 3.63) is 29.7 Å². The predicted octanol–water partition coefficient (Wildman–Crippen LogP) is 1.72. The van der Waals surface area contributed by atoms with E-state index >= 15 is 0 Å². The summed E-state index contributed by atoms with van der Waals surface area (Å²) in [7, 11) is -0.371. The van der Waals surface area contributed by atoms with Gasteiger partial charge in [-0.25, -0.2) is 0 Å². The van der Waals surface area contributed by atoms with Gasteiger partial charge in [0.25, 0.3) is 0 Å². The van der Waals surface area contributed by atoms with Crippen molar-refractivity contribution < 1.29 is 18.9 Å².